The van der Waals surface area contributed by atoms with Crippen LogP contribution in [0.1, 0.15) is 13.8 Å². The normalized spacial score (nSPS) is 11.8. The van der Waals surface area contributed by atoms with Crippen LogP contribution in [-0.2, 0) is 20.7 Å². The van der Waals surface area contributed by atoms with Crippen molar-refractivity contribution in [3.8, 4) is 11.8 Å². The van der Waals surface area contributed by atoms with Gasteiger partial charge in [-0.1, -0.05) is 12.1 Å². The Balaban J connectivity index is 2.76. The van der Waals surface area contributed by atoms with Crippen LogP contribution in [0.2, 0.25) is 0 Å². The van der Waals surface area contributed by atoms with Crippen molar-refractivity contribution in [2.45, 2.75) is 19.4 Å². The van der Waals surface area contributed by atoms with Crippen molar-refractivity contribution in [3.05, 3.63) is 29.8 Å². The van der Waals surface area contributed by atoms with E-state index in [0.29, 0.717) is 5.56 Å². The number of esters is 1. The van der Waals surface area contributed by atoms with Crippen molar-refractivity contribution < 1.29 is 20.8 Å². The molecule has 1 rings (SSSR count). The number of nitrogens with zero attached hydrogens (tertiary/aromatic N) is 1. The molecule has 0 unspecified atom stereocenters. The van der Waals surface area contributed by atoms with Crippen LogP contribution in [0.4, 0.5) is 0 Å². The topological polar surface area (TPSA) is 99.4 Å². The molecule has 19 heavy (non-hydrogen) atoms. The fourth-order valence-electron chi connectivity index (χ4n) is 1.46. The van der Waals surface area contributed by atoms with Crippen molar-refractivity contribution in [1.82, 2.24) is 5.32 Å². The second kappa shape index (κ2) is 7.01. The average molecular weight is 263 g/mol. The molecule has 0 aromatic heterocycles. The summed E-state index contributed by atoms with van der Waals surface area (Å²) < 4.78 is 11.6. The largest absolute Gasteiger partial charge is 0.508 e. The minimum atomic E-state index is -0.967. The van der Waals surface area contributed by atoms with E-state index in [0.717, 1.165) is 0 Å². The lowest BCUT2D eigenvalue weighted by Crippen LogP contribution is -2.42. The number of nitriles is 1. The Kier molecular flexibility index (Phi) is 4.76. The lowest BCUT2D eigenvalue weighted by molar-refractivity contribution is -0.146. The summed E-state index contributed by atoms with van der Waals surface area (Å²) in [5.74, 6) is -1.25. The number of nitrogens with one attached hydrogen (secondary N) is 1. The van der Waals surface area contributed by atoms with E-state index in [4.69, 9.17) is 6.63 Å². The van der Waals surface area contributed by atoms with Gasteiger partial charge in [0, 0.05) is 14.7 Å². The molecule has 1 amide bonds. The summed E-state index contributed by atoms with van der Waals surface area (Å²) in [5, 5.41) is 19.9. The third-order valence-electron chi connectivity index (χ3n) is 2.27. The van der Waals surface area contributed by atoms with Gasteiger partial charge in [0.2, 0.25) is 5.91 Å². The van der Waals surface area contributed by atoms with Crippen molar-refractivity contribution in [2.24, 2.45) is 0 Å². The van der Waals surface area contributed by atoms with Gasteiger partial charge in [0.25, 0.3) is 0 Å². The zero-order valence-corrected chi connectivity index (χ0v) is 10.1. The quantitative estimate of drug-likeness (QED) is 0.754. The fraction of sp³-hybridized carbons (Fsp3) is 0.308. The zero-order chi connectivity index (χ0) is 15.0. The molecule has 1 atom stereocenters. The van der Waals surface area contributed by atoms with E-state index in [2.05, 4.69) is 10.1 Å². The van der Waals surface area contributed by atoms with Gasteiger partial charge in [-0.25, -0.2) is 4.79 Å². The molecule has 100 valence electrons. The first-order valence-electron chi connectivity index (χ1n) is 6.17. The van der Waals surface area contributed by atoms with E-state index >= 15 is 0 Å². The Morgan fingerprint density at radius 3 is 2.79 bits per heavy atom. The monoisotopic (exact) mass is 263 g/mol. The molecule has 0 aliphatic rings. The van der Waals surface area contributed by atoms with Crippen LogP contribution < -0.4 is 5.32 Å². The van der Waals surface area contributed by atoms with Crippen molar-refractivity contribution in [1.29, 1.82) is 5.26 Å². The summed E-state index contributed by atoms with van der Waals surface area (Å²) in [6, 6.07) is 6.82. The van der Waals surface area contributed by atoms with Gasteiger partial charge in [0.15, 0.2) is 6.61 Å². The summed E-state index contributed by atoms with van der Waals surface area (Å²) in [6.07, 6.45) is 0.149. The molecule has 2 N–H and O–H groups in total. The fourth-order valence-corrected chi connectivity index (χ4v) is 1.46. The van der Waals surface area contributed by atoms with Crippen LogP contribution in [0.25, 0.3) is 0 Å². The predicted molar refractivity (Wildman–Crippen MR) is 66.0 cm³/mol. The number of carbonyl (C=O) groups is 2. The second-order valence-electron chi connectivity index (χ2n) is 3.76. The van der Waals surface area contributed by atoms with Crippen molar-refractivity contribution >= 4 is 11.9 Å². The molecule has 0 saturated heterocycles. The minimum absolute atomic E-state index is 0.0903. The average Bonchev–Trinajstić information content (AvgIpc) is 2.46. The standard InChI is InChI=1S/C13H14N2O4/c1-9(16)15-12(13(18)19-7-6-14)8-10-2-4-11(17)5-3-10/h2-5,12,17H,7-8H2,1H3,(H,15,16)/t12-/m0/s1/i1D. The first kappa shape index (κ1) is 12.9. The van der Waals surface area contributed by atoms with Crippen LogP contribution in [0.15, 0.2) is 24.3 Å². The highest BCUT2D eigenvalue weighted by Gasteiger charge is 2.21. The number of rotatable bonds is 5. The molecule has 0 bridgehead atoms. The van der Waals surface area contributed by atoms with Gasteiger partial charge in [-0.2, -0.15) is 5.26 Å². The Hall–Kier alpha value is -2.55. The predicted octanol–water partition coefficient (Wildman–Crippen LogP) is 0.506. The van der Waals surface area contributed by atoms with Gasteiger partial charge in [0.05, 0.1) is 0 Å². The van der Waals surface area contributed by atoms with Crippen LogP contribution in [0.5, 0.6) is 5.75 Å². The number of benzene rings is 1. The van der Waals surface area contributed by atoms with Gasteiger partial charge in [-0.15, -0.1) is 0 Å². The van der Waals surface area contributed by atoms with E-state index in [1.807, 2.05) is 0 Å². The van der Waals surface area contributed by atoms with Crippen LogP contribution in [0.3, 0.4) is 0 Å². The summed E-state index contributed by atoms with van der Waals surface area (Å²) in [6.45, 7) is -0.904. The van der Waals surface area contributed by atoms with Crippen LogP contribution in [0, 0.1) is 11.3 Å². The zero-order valence-electron chi connectivity index (χ0n) is 11.1. The van der Waals surface area contributed by atoms with Gasteiger partial charge >= 0.3 is 5.97 Å². The van der Waals surface area contributed by atoms with Crippen LogP contribution >= 0.6 is 0 Å². The van der Waals surface area contributed by atoms with E-state index in [1.165, 1.54) is 12.1 Å². The van der Waals surface area contributed by atoms with Crippen molar-refractivity contribution in [2.75, 3.05) is 6.61 Å². The van der Waals surface area contributed by atoms with Gasteiger partial charge in [-0.05, 0) is 17.7 Å². The van der Waals surface area contributed by atoms with Gasteiger partial charge in [-0.3, -0.25) is 4.79 Å². The molecule has 6 heteroatoms. The highest BCUT2D eigenvalue weighted by molar-refractivity contribution is 5.83. The smallest absolute Gasteiger partial charge is 0.330 e. The maximum absolute atomic E-state index is 11.7. The molecule has 0 aliphatic heterocycles. The van der Waals surface area contributed by atoms with E-state index in [9.17, 15) is 14.7 Å². The first-order valence-corrected chi connectivity index (χ1v) is 5.47. The molecule has 0 radical (unpaired) electrons. The maximum atomic E-state index is 11.7. The molecule has 0 fully saturated rings. The second-order valence-corrected chi connectivity index (χ2v) is 3.76. The summed E-state index contributed by atoms with van der Waals surface area (Å²) in [4.78, 5) is 23.0. The molecular weight excluding hydrogens is 248 g/mol. The molecule has 0 aliphatic carbocycles. The first-order chi connectivity index (χ1) is 9.56. The number of hydrogen-bond donors (Lipinski definition) is 2. The Bertz CT molecular complexity index is 510. The Labute approximate surface area is 112 Å². The molecule has 1 aromatic rings. The number of phenols is 1. The summed E-state index contributed by atoms with van der Waals surface area (Å²) >= 11 is 0. The molecule has 0 spiro atoms. The lowest BCUT2D eigenvalue weighted by atomic mass is 10.1. The third-order valence-corrected chi connectivity index (χ3v) is 2.27. The maximum Gasteiger partial charge on any atom is 0.330 e. The number of amides is 1. The number of hydrogen-bond acceptors (Lipinski definition) is 5. The Morgan fingerprint density at radius 1 is 1.53 bits per heavy atom. The molecule has 0 heterocycles. The van der Waals surface area contributed by atoms with Gasteiger partial charge < -0.3 is 15.2 Å². The number of ether oxygens (including phenoxy) is 1. The molecule has 1 aromatic carbocycles. The van der Waals surface area contributed by atoms with E-state index in [1.54, 1.807) is 18.2 Å². The number of phenolic OH excluding ortho intramolecular Hbond substituents is 1. The molecule has 0 saturated carbocycles. The summed E-state index contributed by atoms with van der Waals surface area (Å²) in [7, 11) is 0. The van der Waals surface area contributed by atoms with Crippen LogP contribution in [-0.4, -0.2) is 29.6 Å². The third kappa shape index (κ3) is 5.08. The van der Waals surface area contributed by atoms with E-state index in [-0.39, 0.29) is 12.2 Å². The Morgan fingerprint density at radius 2 is 2.21 bits per heavy atom. The highest BCUT2D eigenvalue weighted by atomic mass is 16.5. The molecule has 6 nitrogen and oxygen atoms in total. The number of aromatic hydroxyl groups is 1. The molecular formula is C13H14N2O4. The van der Waals surface area contributed by atoms with Gasteiger partial charge in [0.1, 0.15) is 17.9 Å². The summed E-state index contributed by atoms with van der Waals surface area (Å²) in [5.41, 5.74) is 0.701. The highest BCUT2D eigenvalue weighted by Crippen LogP contribution is 2.11. The SMILES string of the molecule is [2H]CC(=O)N[C@@H](Cc1ccc(O)cc1)C(=O)OCC#N. The van der Waals surface area contributed by atoms with Crippen molar-refractivity contribution in [3.63, 3.8) is 0 Å². The number of carbonyl (C=O) groups excluding carboxylic acids is 2. The lowest BCUT2D eigenvalue weighted by Gasteiger charge is -2.15. The van der Waals surface area contributed by atoms with E-state index < -0.39 is 31.4 Å². The minimum Gasteiger partial charge on any atom is -0.508 e.